The summed E-state index contributed by atoms with van der Waals surface area (Å²) in [6.45, 7) is 4.33. The fraction of sp³-hybridized carbons (Fsp3) is 0.295. The fourth-order valence-electron chi connectivity index (χ4n) is 6.71. The minimum atomic E-state index is -1.77. The van der Waals surface area contributed by atoms with Crippen LogP contribution in [-0.2, 0) is 54.2 Å². The number of benzene rings is 4. The first kappa shape index (κ1) is 43.6. The molecule has 308 valence electrons. The molecule has 0 saturated heterocycles. The number of carbonyl (C=O) groups excluding carboxylic acids is 5. The SMILES string of the molecule is COc1ccc(N=NC2=C(N(C)Cc3ccccc3)S[C@@](C(=O)Nc3ccccc3)(c3ccccc3)[C@H]2[C@@H](OC(C)=O)[C@H](OC(C)=O)[C@@H](COC(C)=O)OC(C)=O)cc1. The molecular formula is C44H46N4O10S. The van der Waals surface area contributed by atoms with Crippen molar-refractivity contribution in [1.82, 2.24) is 4.90 Å². The van der Waals surface area contributed by atoms with E-state index in [9.17, 15) is 19.2 Å². The molecule has 1 N–H and O–H groups in total. The van der Waals surface area contributed by atoms with E-state index in [0.29, 0.717) is 34.3 Å². The van der Waals surface area contributed by atoms with E-state index in [1.165, 1.54) is 0 Å². The summed E-state index contributed by atoms with van der Waals surface area (Å²) in [5, 5.41) is 13.0. The molecule has 1 aliphatic heterocycles. The molecule has 0 fully saturated rings. The van der Waals surface area contributed by atoms with Crippen LogP contribution in [0.4, 0.5) is 11.4 Å². The van der Waals surface area contributed by atoms with Crippen LogP contribution >= 0.6 is 11.8 Å². The zero-order chi connectivity index (χ0) is 42.5. The lowest BCUT2D eigenvalue weighted by atomic mass is 9.76. The number of nitrogens with zero attached hydrogens (tertiary/aromatic N) is 3. The van der Waals surface area contributed by atoms with Crippen molar-refractivity contribution in [1.29, 1.82) is 0 Å². The third-order valence-electron chi connectivity index (χ3n) is 9.13. The van der Waals surface area contributed by atoms with Crippen LogP contribution in [0, 0.1) is 5.92 Å². The number of para-hydroxylation sites is 1. The molecule has 0 bridgehead atoms. The van der Waals surface area contributed by atoms with Crippen LogP contribution in [0.15, 0.2) is 136 Å². The summed E-state index contributed by atoms with van der Waals surface area (Å²) in [5.74, 6) is -4.51. The molecule has 1 aliphatic rings. The van der Waals surface area contributed by atoms with Gasteiger partial charge in [-0.1, -0.05) is 90.6 Å². The van der Waals surface area contributed by atoms with E-state index < -0.39 is 65.4 Å². The van der Waals surface area contributed by atoms with Crippen molar-refractivity contribution < 1.29 is 47.7 Å². The predicted octanol–water partition coefficient (Wildman–Crippen LogP) is 7.34. The van der Waals surface area contributed by atoms with E-state index in [2.05, 4.69) is 10.4 Å². The average molecular weight is 823 g/mol. The zero-order valence-electron chi connectivity index (χ0n) is 33.5. The molecule has 0 aromatic heterocycles. The average Bonchev–Trinajstić information content (AvgIpc) is 3.57. The number of azo groups is 1. The van der Waals surface area contributed by atoms with Crippen LogP contribution in [0.3, 0.4) is 0 Å². The Labute approximate surface area is 346 Å². The van der Waals surface area contributed by atoms with Gasteiger partial charge >= 0.3 is 23.9 Å². The minimum absolute atomic E-state index is 0.175. The number of amides is 1. The van der Waals surface area contributed by atoms with Crippen LogP contribution in [-0.4, -0.2) is 73.8 Å². The normalized spacial score (nSPS) is 17.6. The van der Waals surface area contributed by atoms with Crippen molar-refractivity contribution in [3.8, 4) is 5.75 Å². The first-order chi connectivity index (χ1) is 28.3. The summed E-state index contributed by atoms with van der Waals surface area (Å²) < 4.78 is 26.7. The third kappa shape index (κ3) is 11.1. The van der Waals surface area contributed by atoms with Crippen molar-refractivity contribution in [2.45, 2.75) is 57.3 Å². The Balaban J connectivity index is 1.87. The number of hydrogen-bond donors (Lipinski definition) is 1. The van der Waals surface area contributed by atoms with Gasteiger partial charge in [-0.05, 0) is 47.5 Å². The first-order valence-electron chi connectivity index (χ1n) is 18.6. The number of hydrogen-bond acceptors (Lipinski definition) is 14. The first-order valence-corrected chi connectivity index (χ1v) is 19.4. The molecule has 0 spiro atoms. The minimum Gasteiger partial charge on any atom is -0.497 e. The van der Waals surface area contributed by atoms with Gasteiger partial charge in [-0.2, -0.15) is 10.2 Å². The maximum absolute atomic E-state index is 15.5. The molecule has 0 saturated carbocycles. The number of ether oxygens (including phenoxy) is 5. The monoisotopic (exact) mass is 822 g/mol. The van der Waals surface area contributed by atoms with Gasteiger partial charge in [-0.25, -0.2) is 0 Å². The van der Waals surface area contributed by atoms with Gasteiger partial charge in [-0.3, -0.25) is 24.0 Å². The van der Waals surface area contributed by atoms with Crippen molar-refractivity contribution in [3.05, 3.63) is 137 Å². The van der Waals surface area contributed by atoms with Gasteiger partial charge in [0, 0.05) is 47.0 Å². The fourth-order valence-corrected chi connectivity index (χ4v) is 8.28. The van der Waals surface area contributed by atoms with Gasteiger partial charge in [0.15, 0.2) is 18.3 Å². The van der Waals surface area contributed by atoms with Crippen molar-refractivity contribution in [3.63, 3.8) is 0 Å². The Hall–Kier alpha value is -6.48. The molecule has 0 radical (unpaired) electrons. The maximum atomic E-state index is 15.5. The van der Waals surface area contributed by atoms with E-state index in [1.54, 1.807) is 86.0 Å². The number of carbonyl (C=O) groups is 5. The molecule has 5 atom stereocenters. The van der Waals surface area contributed by atoms with Gasteiger partial charge in [-0.15, -0.1) is 0 Å². The Morgan fingerprint density at radius 3 is 1.86 bits per heavy atom. The van der Waals surface area contributed by atoms with Crippen LogP contribution in [0.5, 0.6) is 5.75 Å². The van der Waals surface area contributed by atoms with Gasteiger partial charge in [0.05, 0.1) is 23.7 Å². The molecule has 59 heavy (non-hydrogen) atoms. The highest BCUT2D eigenvalue weighted by molar-refractivity contribution is 8.04. The van der Waals surface area contributed by atoms with E-state index in [0.717, 1.165) is 45.0 Å². The Bertz CT molecular complexity index is 2150. The number of thioether (sulfide) groups is 1. The van der Waals surface area contributed by atoms with Gasteiger partial charge in [0.1, 0.15) is 22.8 Å². The lowest BCUT2D eigenvalue weighted by Gasteiger charge is -2.41. The van der Waals surface area contributed by atoms with Gasteiger partial charge in [0.25, 0.3) is 0 Å². The van der Waals surface area contributed by atoms with Crippen LogP contribution in [0.2, 0.25) is 0 Å². The zero-order valence-corrected chi connectivity index (χ0v) is 34.3. The summed E-state index contributed by atoms with van der Waals surface area (Å²) in [7, 11) is 3.37. The lowest BCUT2D eigenvalue weighted by Crippen LogP contribution is -2.56. The van der Waals surface area contributed by atoms with Gasteiger partial charge < -0.3 is 33.9 Å². The second-order valence-electron chi connectivity index (χ2n) is 13.5. The summed E-state index contributed by atoms with van der Waals surface area (Å²) in [6.07, 6.45) is -4.83. The molecule has 0 unspecified atom stereocenters. The second-order valence-corrected chi connectivity index (χ2v) is 14.8. The molecule has 5 rings (SSSR count). The van der Waals surface area contributed by atoms with Gasteiger partial charge in [0.2, 0.25) is 5.91 Å². The van der Waals surface area contributed by atoms with E-state index in [1.807, 2.05) is 48.3 Å². The van der Waals surface area contributed by atoms with E-state index >= 15 is 4.79 Å². The number of anilines is 1. The topological polar surface area (TPSA) is 171 Å². The van der Waals surface area contributed by atoms with Crippen molar-refractivity contribution in [2.24, 2.45) is 16.1 Å². The largest absolute Gasteiger partial charge is 0.497 e. The molecule has 0 aliphatic carbocycles. The second kappa shape index (κ2) is 20.3. The molecule has 15 heteroatoms. The highest BCUT2D eigenvalue weighted by atomic mass is 32.2. The van der Waals surface area contributed by atoms with Crippen LogP contribution in [0.1, 0.15) is 38.8 Å². The molecule has 1 amide bonds. The van der Waals surface area contributed by atoms with E-state index in [-0.39, 0.29) is 5.70 Å². The summed E-state index contributed by atoms with van der Waals surface area (Å²) in [4.78, 5) is 68.6. The lowest BCUT2D eigenvalue weighted by molar-refractivity contribution is -0.193. The van der Waals surface area contributed by atoms with E-state index in [4.69, 9.17) is 28.8 Å². The Kier molecular flexibility index (Phi) is 15.0. The summed E-state index contributed by atoms with van der Waals surface area (Å²) in [6, 6.07) is 34.1. The number of esters is 4. The summed E-state index contributed by atoms with van der Waals surface area (Å²) >= 11 is 1.15. The molecular weight excluding hydrogens is 777 g/mol. The summed E-state index contributed by atoms with van der Waals surface area (Å²) in [5.41, 5.74) is 2.46. The highest BCUT2D eigenvalue weighted by Crippen LogP contribution is 2.60. The predicted molar refractivity (Wildman–Crippen MR) is 220 cm³/mol. The Morgan fingerprint density at radius 2 is 1.31 bits per heavy atom. The number of methoxy groups -OCH3 is 1. The number of rotatable bonds is 17. The molecule has 4 aromatic rings. The van der Waals surface area contributed by atoms with Crippen LogP contribution in [0.25, 0.3) is 0 Å². The quantitative estimate of drug-likeness (QED) is 0.0640. The third-order valence-corrected chi connectivity index (χ3v) is 10.8. The highest BCUT2D eigenvalue weighted by Gasteiger charge is 2.63. The maximum Gasteiger partial charge on any atom is 0.303 e. The standard InChI is InChI=1S/C44H46N4O10S/c1-28(49)55-27-37(56-29(2)50)40(57-30(3)51)41(58-31(4)52)38-39(47-46-35-22-24-36(54-6)25-23-35)42(48(5)26-32-16-10-7-11-17-32)59-44(38,33-18-12-8-13-19-33)43(53)45-34-20-14-9-15-21-34/h7-25,37-38,40-41H,26-27H2,1-6H3,(H,45,53)/t37-,38-,40-,41-,44+/m1/s1. The molecule has 14 nitrogen and oxygen atoms in total. The smallest absolute Gasteiger partial charge is 0.303 e. The number of nitrogens with one attached hydrogen (secondary N) is 1. The van der Waals surface area contributed by atoms with Crippen molar-refractivity contribution >= 4 is 52.9 Å². The Morgan fingerprint density at radius 1 is 0.729 bits per heavy atom. The van der Waals surface area contributed by atoms with Crippen LogP contribution < -0.4 is 10.1 Å². The van der Waals surface area contributed by atoms with Crippen molar-refractivity contribution in [2.75, 3.05) is 26.1 Å². The molecule has 4 aromatic carbocycles. The molecule has 1 heterocycles.